The van der Waals surface area contributed by atoms with Crippen LogP contribution in [0, 0.1) is 5.92 Å². The molecule has 1 unspecified atom stereocenters. The van der Waals surface area contributed by atoms with E-state index in [-0.39, 0.29) is 7.43 Å². The SMILES string of the molecule is C.[B][N+]12CCC(CC1)C(O)(CNC(=S)Cc1cccnc1)C2. The zero-order valence-corrected chi connectivity index (χ0v) is 13.0. The summed E-state index contributed by atoms with van der Waals surface area (Å²) in [4.78, 5) is 4.83. The van der Waals surface area contributed by atoms with Gasteiger partial charge >= 0.3 is 7.98 Å². The van der Waals surface area contributed by atoms with Gasteiger partial charge in [0, 0.05) is 44.1 Å². The molecular weight excluding hydrogens is 293 g/mol. The molecule has 0 aliphatic carbocycles. The number of piperidine rings is 3. The average molecular weight is 318 g/mol. The van der Waals surface area contributed by atoms with Crippen molar-refractivity contribution in [2.45, 2.75) is 32.3 Å². The van der Waals surface area contributed by atoms with Crippen LogP contribution in [0.5, 0.6) is 0 Å². The highest BCUT2D eigenvalue weighted by molar-refractivity contribution is 7.80. The minimum atomic E-state index is -0.732. The van der Waals surface area contributed by atoms with E-state index in [4.69, 9.17) is 20.2 Å². The Kier molecular flexibility index (Phi) is 5.25. The third-order valence-electron chi connectivity index (χ3n) is 4.87. The van der Waals surface area contributed by atoms with E-state index in [0.29, 0.717) is 29.8 Å². The molecule has 4 nitrogen and oxygen atoms in total. The van der Waals surface area contributed by atoms with Crippen LogP contribution in [-0.2, 0) is 6.42 Å². The molecule has 4 heterocycles. The molecule has 2 radical (unpaired) electrons. The van der Waals surface area contributed by atoms with Crippen LogP contribution in [-0.4, -0.2) is 59.2 Å². The third-order valence-corrected chi connectivity index (χ3v) is 5.16. The topological polar surface area (TPSA) is 45.1 Å². The van der Waals surface area contributed by atoms with E-state index < -0.39 is 5.60 Å². The number of rotatable bonds is 4. The lowest BCUT2D eigenvalue weighted by molar-refractivity contribution is -0.846. The van der Waals surface area contributed by atoms with E-state index >= 15 is 0 Å². The molecule has 0 amide bonds. The predicted molar refractivity (Wildman–Crippen MR) is 93.6 cm³/mol. The summed E-state index contributed by atoms with van der Waals surface area (Å²) in [6, 6.07) is 3.91. The lowest BCUT2D eigenvalue weighted by atomic mass is 9.71. The minimum Gasteiger partial charge on any atom is -0.394 e. The first-order valence-corrected chi connectivity index (χ1v) is 7.93. The van der Waals surface area contributed by atoms with Gasteiger partial charge in [-0.3, -0.25) is 4.98 Å². The van der Waals surface area contributed by atoms with Gasteiger partial charge in [-0.25, -0.2) is 0 Å². The molecule has 2 bridgehead atoms. The van der Waals surface area contributed by atoms with E-state index in [1.54, 1.807) is 6.20 Å². The fraction of sp³-hybridized carbons (Fsp3) is 0.625. The van der Waals surface area contributed by atoms with Gasteiger partial charge < -0.3 is 14.8 Å². The van der Waals surface area contributed by atoms with Crippen LogP contribution < -0.4 is 5.32 Å². The Labute approximate surface area is 140 Å². The summed E-state index contributed by atoms with van der Waals surface area (Å²) < 4.78 is 0.504. The van der Waals surface area contributed by atoms with Crippen molar-refractivity contribution in [3.05, 3.63) is 30.1 Å². The van der Waals surface area contributed by atoms with Crippen LogP contribution in [0.25, 0.3) is 0 Å². The number of hydrogen-bond acceptors (Lipinski definition) is 3. The number of nitrogens with zero attached hydrogens (tertiary/aromatic N) is 2. The fourth-order valence-corrected chi connectivity index (χ4v) is 3.89. The minimum absolute atomic E-state index is 0. The quantitative estimate of drug-likeness (QED) is 0.647. The molecular formula is C16H25BN3OS+. The van der Waals surface area contributed by atoms with E-state index in [0.717, 1.165) is 36.5 Å². The largest absolute Gasteiger partial charge is 0.481 e. The maximum Gasteiger partial charge on any atom is 0.481 e. The number of quaternary nitrogens is 1. The van der Waals surface area contributed by atoms with Crippen LogP contribution in [0.1, 0.15) is 25.8 Å². The van der Waals surface area contributed by atoms with Gasteiger partial charge in [-0.05, 0) is 11.6 Å². The standard InChI is InChI=1S/C15H21BN3OS.CH4/c16-19-6-3-13(4-7-19)15(20,11-19)10-18-14(21)8-12-2-1-5-17-9-12;/h1-2,5,9,13,20H,3-4,6-8,10-11H2,(H,18,21);1H4/q+1;. The van der Waals surface area contributed by atoms with Crippen molar-refractivity contribution in [2.24, 2.45) is 5.92 Å². The first-order chi connectivity index (χ1) is 9.99. The molecule has 6 heteroatoms. The molecule has 1 aromatic rings. The number of fused-ring (bicyclic) bond motifs is 3. The van der Waals surface area contributed by atoms with Gasteiger partial charge in [-0.15, -0.1) is 0 Å². The summed E-state index contributed by atoms with van der Waals surface area (Å²) in [5.41, 5.74) is 0.350. The lowest BCUT2D eigenvalue weighted by Crippen LogP contribution is -2.70. The normalized spacial score (nSPS) is 33.0. The monoisotopic (exact) mass is 318 g/mol. The Morgan fingerprint density at radius 2 is 2.23 bits per heavy atom. The molecule has 0 spiro atoms. The van der Waals surface area contributed by atoms with Gasteiger partial charge in [0.1, 0.15) is 5.60 Å². The van der Waals surface area contributed by atoms with Gasteiger partial charge in [0.15, 0.2) is 0 Å². The summed E-state index contributed by atoms with van der Waals surface area (Å²) in [5, 5.41) is 14.1. The van der Waals surface area contributed by atoms with Crippen LogP contribution >= 0.6 is 12.2 Å². The molecule has 4 rings (SSSR count). The number of nitrogens with one attached hydrogen (secondary N) is 1. The second-order valence-corrected chi connectivity index (χ2v) is 7.01. The predicted octanol–water partition coefficient (Wildman–Crippen LogP) is 1.23. The fourth-order valence-electron chi connectivity index (χ4n) is 3.65. The Morgan fingerprint density at radius 3 is 2.82 bits per heavy atom. The summed E-state index contributed by atoms with van der Waals surface area (Å²) in [6.07, 6.45) is 6.23. The van der Waals surface area contributed by atoms with E-state index in [9.17, 15) is 5.11 Å². The molecule has 2 N–H and O–H groups in total. The van der Waals surface area contributed by atoms with Crippen LogP contribution in [0.4, 0.5) is 0 Å². The molecule has 22 heavy (non-hydrogen) atoms. The second-order valence-electron chi connectivity index (χ2n) is 6.52. The van der Waals surface area contributed by atoms with Crippen molar-refractivity contribution in [2.75, 3.05) is 26.2 Å². The maximum absolute atomic E-state index is 10.9. The molecule has 3 saturated heterocycles. The van der Waals surface area contributed by atoms with E-state index in [1.807, 2.05) is 18.3 Å². The summed E-state index contributed by atoms with van der Waals surface area (Å²) >= 11 is 5.38. The van der Waals surface area contributed by atoms with Crippen molar-refractivity contribution < 1.29 is 9.50 Å². The van der Waals surface area contributed by atoms with Crippen molar-refractivity contribution in [1.82, 2.24) is 10.3 Å². The molecule has 0 aromatic carbocycles. The summed E-state index contributed by atoms with van der Waals surface area (Å²) in [5.74, 6) is 0.342. The number of thiocarbonyl (C=S) groups is 1. The van der Waals surface area contributed by atoms with Crippen molar-refractivity contribution in [3.63, 3.8) is 0 Å². The van der Waals surface area contributed by atoms with Gasteiger partial charge in [0.25, 0.3) is 0 Å². The molecule has 3 fully saturated rings. The molecule has 1 aromatic heterocycles. The Bertz CT molecular complexity index is 519. The highest BCUT2D eigenvalue weighted by Gasteiger charge is 2.52. The zero-order chi connectivity index (χ0) is 14.9. The molecule has 0 saturated carbocycles. The Hall–Kier alpha value is -0.975. The van der Waals surface area contributed by atoms with Crippen molar-refractivity contribution >= 4 is 25.2 Å². The van der Waals surface area contributed by atoms with Crippen molar-refractivity contribution in [3.8, 4) is 0 Å². The van der Waals surface area contributed by atoms with E-state index in [1.165, 1.54) is 0 Å². The van der Waals surface area contributed by atoms with Crippen LogP contribution in [0.2, 0.25) is 0 Å². The first-order valence-electron chi connectivity index (χ1n) is 7.52. The summed E-state index contributed by atoms with van der Waals surface area (Å²) in [7, 11) is 6.31. The molecule has 1 atom stereocenters. The average Bonchev–Trinajstić information content (AvgIpc) is 2.46. The van der Waals surface area contributed by atoms with Gasteiger partial charge in [-0.2, -0.15) is 0 Å². The van der Waals surface area contributed by atoms with E-state index in [2.05, 4.69) is 10.3 Å². The number of aromatic nitrogens is 1. The zero-order valence-electron chi connectivity index (χ0n) is 12.2. The second kappa shape index (κ2) is 6.65. The first kappa shape index (κ1) is 17.4. The highest BCUT2D eigenvalue weighted by Crippen LogP contribution is 2.38. The highest BCUT2D eigenvalue weighted by atomic mass is 32.1. The number of aliphatic hydroxyl groups is 1. The van der Waals surface area contributed by atoms with Crippen LogP contribution in [0.15, 0.2) is 24.5 Å². The smallest absolute Gasteiger partial charge is 0.394 e. The molecule has 3 aliphatic rings. The molecule has 3 aliphatic heterocycles. The van der Waals surface area contributed by atoms with Gasteiger partial charge in [0.05, 0.1) is 24.6 Å². The Morgan fingerprint density at radius 1 is 1.50 bits per heavy atom. The van der Waals surface area contributed by atoms with Crippen molar-refractivity contribution in [1.29, 1.82) is 0 Å². The number of hydrogen-bond donors (Lipinski definition) is 2. The van der Waals surface area contributed by atoms with Gasteiger partial charge in [0.2, 0.25) is 0 Å². The third kappa shape index (κ3) is 3.67. The Balaban J connectivity index is 0.00000176. The summed E-state index contributed by atoms with van der Waals surface area (Å²) in [6.45, 7) is 3.08. The maximum atomic E-state index is 10.9. The number of pyridine rings is 1. The van der Waals surface area contributed by atoms with Crippen LogP contribution in [0.3, 0.4) is 0 Å². The molecule has 118 valence electrons. The lowest BCUT2D eigenvalue weighted by Gasteiger charge is -2.55. The van der Waals surface area contributed by atoms with Gasteiger partial charge in [-0.1, -0.05) is 25.7 Å².